The van der Waals surface area contributed by atoms with Gasteiger partial charge >= 0.3 is 0 Å². The Morgan fingerprint density at radius 1 is 1.32 bits per heavy atom. The van der Waals surface area contributed by atoms with E-state index in [2.05, 4.69) is 10.5 Å². The molecular formula is C13H18N2O4. The van der Waals surface area contributed by atoms with Crippen LogP contribution in [0.25, 0.3) is 0 Å². The number of ether oxygens (including phenoxy) is 1. The molecule has 6 heteroatoms. The monoisotopic (exact) mass is 266 g/mol. The van der Waals surface area contributed by atoms with Crippen LogP contribution >= 0.6 is 0 Å². The smallest absolute Gasteiger partial charge is 0.219 e. The van der Waals surface area contributed by atoms with Crippen LogP contribution in [0, 0.1) is 0 Å². The second kappa shape index (κ2) is 6.40. The quantitative estimate of drug-likeness (QED) is 0.643. The van der Waals surface area contributed by atoms with E-state index in [1.165, 1.54) is 0 Å². The molecule has 1 saturated heterocycles. The molecule has 1 aliphatic heterocycles. The molecular weight excluding hydrogens is 248 g/mol. The molecule has 1 aromatic rings. The third-order valence-corrected chi connectivity index (χ3v) is 3.21. The van der Waals surface area contributed by atoms with Gasteiger partial charge in [0.15, 0.2) is 0 Å². The minimum absolute atomic E-state index is 0.123. The molecule has 2 rings (SSSR count). The third kappa shape index (κ3) is 3.84. The first-order chi connectivity index (χ1) is 9.19. The lowest BCUT2D eigenvalue weighted by atomic mass is 10.1. The molecule has 2 N–H and O–H groups in total. The molecule has 0 unspecified atom stereocenters. The first kappa shape index (κ1) is 13.6. The molecule has 0 bridgehead atoms. The molecule has 0 aliphatic carbocycles. The molecule has 19 heavy (non-hydrogen) atoms. The van der Waals surface area contributed by atoms with Gasteiger partial charge in [0.2, 0.25) is 5.91 Å². The van der Waals surface area contributed by atoms with E-state index in [9.17, 15) is 4.79 Å². The van der Waals surface area contributed by atoms with Crippen molar-refractivity contribution in [2.24, 2.45) is 0 Å². The van der Waals surface area contributed by atoms with E-state index in [4.69, 9.17) is 9.99 Å². The molecule has 1 amide bonds. The van der Waals surface area contributed by atoms with Crippen LogP contribution in [0.5, 0.6) is 5.75 Å². The molecule has 0 aromatic heterocycles. The van der Waals surface area contributed by atoms with Crippen molar-refractivity contribution in [2.45, 2.75) is 25.9 Å². The van der Waals surface area contributed by atoms with Crippen LogP contribution in [0.2, 0.25) is 0 Å². The molecule has 0 spiro atoms. The highest BCUT2D eigenvalue weighted by Crippen LogP contribution is 2.21. The van der Waals surface area contributed by atoms with Gasteiger partial charge in [-0.1, -0.05) is 0 Å². The van der Waals surface area contributed by atoms with Gasteiger partial charge in [0.25, 0.3) is 0 Å². The van der Waals surface area contributed by atoms with E-state index in [0.717, 1.165) is 31.7 Å². The Hall–Kier alpha value is -1.79. The van der Waals surface area contributed by atoms with Crippen LogP contribution in [0.15, 0.2) is 24.3 Å². The Bertz CT molecular complexity index is 413. The molecule has 0 radical (unpaired) electrons. The van der Waals surface area contributed by atoms with Gasteiger partial charge in [0, 0.05) is 32.9 Å². The summed E-state index contributed by atoms with van der Waals surface area (Å²) in [5, 5.41) is 8.25. The number of anilines is 1. The molecule has 1 aliphatic rings. The lowest BCUT2D eigenvalue weighted by Crippen LogP contribution is -2.40. The normalized spacial score (nSPS) is 16.2. The van der Waals surface area contributed by atoms with Crippen molar-refractivity contribution in [3.63, 3.8) is 0 Å². The highest BCUT2D eigenvalue weighted by molar-refractivity contribution is 5.73. The maximum Gasteiger partial charge on any atom is 0.219 e. The Morgan fingerprint density at radius 3 is 2.47 bits per heavy atom. The Kier molecular flexibility index (Phi) is 4.59. The highest BCUT2D eigenvalue weighted by atomic mass is 17.2. The largest absolute Gasteiger partial charge is 0.490 e. The first-order valence-corrected chi connectivity index (χ1v) is 6.27. The molecule has 1 aromatic carbocycles. The van der Waals surface area contributed by atoms with Crippen LogP contribution < -0.4 is 10.2 Å². The Labute approximate surface area is 111 Å². The number of nitrogens with zero attached hydrogens (tertiary/aromatic N) is 1. The van der Waals surface area contributed by atoms with Crippen molar-refractivity contribution in [1.29, 1.82) is 0 Å². The van der Waals surface area contributed by atoms with Gasteiger partial charge < -0.3 is 9.64 Å². The average Bonchev–Trinajstić information content (AvgIpc) is 2.42. The van der Waals surface area contributed by atoms with Crippen molar-refractivity contribution in [1.82, 2.24) is 4.90 Å². The number of carbonyl (C=O) groups is 1. The zero-order valence-corrected chi connectivity index (χ0v) is 10.8. The molecule has 1 fully saturated rings. The summed E-state index contributed by atoms with van der Waals surface area (Å²) in [4.78, 5) is 16.9. The van der Waals surface area contributed by atoms with E-state index in [1.54, 1.807) is 31.2 Å². The van der Waals surface area contributed by atoms with Crippen molar-refractivity contribution < 1.29 is 19.8 Å². The number of carbonyl (C=O) groups excluding carboxylic acids is 1. The fourth-order valence-corrected chi connectivity index (χ4v) is 2.14. The minimum Gasteiger partial charge on any atom is -0.490 e. The second-order valence-corrected chi connectivity index (χ2v) is 4.54. The summed E-state index contributed by atoms with van der Waals surface area (Å²) < 4.78 is 5.85. The third-order valence-electron chi connectivity index (χ3n) is 3.21. The average molecular weight is 266 g/mol. The van der Waals surface area contributed by atoms with Gasteiger partial charge in [-0.05, 0) is 24.3 Å². The number of nitrogens with one attached hydrogen (secondary N) is 1. The second-order valence-electron chi connectivity index (χ2n) is 4.54. The van der Waals surface area contributed by atoms with Gasteiger partial charge in [0.05, 0.1) is 5.69 Å². The standard InChI is InChI=1S/C13H18N2O4/c1-10(16)15-8-6-13(7-9-15)18-12-4-2-11(3-5-12)14-19-17/h2-5,13-14,17H,6-9H2,1H3. The van der Waals surface area contributed by atoms with Crippen molar-refractivity contribution >= 4 is 11.6 Å². The van der Waals surface area contributed by atoms with E-state index in [0.29, 0.717) is 5.69 Å². The lowest BCUT2D eigenvalue weighted by Gasteiger charge is -2.31. The fraction of sp³-hybridized carbons (Fsp3) is 0.462. The topological polar surface area (TPSA) is 71.0 Å². The van der Waals surface area contributed by atoms with E-state index < -0.39 is 0 Å². The van der Waals surface area contributed by atoms with E-state index >= 15 is 0 Å². The van der Waals surface area contributed by atoms with Gasteiger partial charge in [-0.3, -0.25) is 4.79 Å². The number of hydrogen-bond acceptors (Lipinski definition) is 5. The summed E-state index contributed by atoms with van der Waals surface area (Å²) in [6.07, 6.45) is 1.84. The minimum atomic E-state index is 0.123. The molecule has 6 nitrogen and oxygen atoms in total. The Balaban J connectivity index is 1.83. The number of rotatable bonds is 4. The summed E-state index contributed by atoms with van der Waals surface area (Å²) in [5.74, 6) is 0.891. The van der Waals surface area contributed by atoms with Gasteiger partial charge in [0.1, 0.15) is 11.9 Å². The fourth-order valence-electron chi connectivity index (χ4n) is 2.14. The predicted octanol–water partition coefficient (Wildman–Crippen LogP) is 1.89. The van der Waals surface area contributed by atoms with E-state index in [1.807, 2.05) is 4.90 Å². The number of amides is 1. The maximum absolute atomic E-state index is 11.2. The van der Waals surface area contributed by atoms with Crippen molar-refractivity contribution in [3.8, 4) is 5.75 Å². The van der Waals surface area contributed by atoms with Crippen LogP contribution in [-0.2, 0) is 9.78 Å². The van der Waals surface area contributed by atoms with Crippen LogP contribution in [0.1, 0.15) is 19.8 Å². The molecule has 104 valence electrons. The van der Waals surface area contributed by atoms with Crippen molar-refractivity contribution in [3.05, 3.63) is 24.3 Å². The summed E-state index contributed by atoms with van der Waals surface area (Å²) in [6, 6.07) is 7.10. The predicted molar refractivity (Wildman–Crippen MR) is 69.7 cm³/mol. The van der Waals surface area contributed by atoms with Crippen LogP contribution in [0.4, 0.5) is 5.69 Å². The number of hydrogen-bond donors (Lipinski definition) is 2. The van der Waals surface area contributed by atoms with Crippen LogP contribution in [-0.4, -0.2) is 35.3 Å². The van der Waals surface area contributed by atoms with Gasteiger partial charge in [-0.25, -0.2) is 10.7 Å². The summed E-state index contributed by atoms with van der Waals surface area (Å²) in [5.41, 5.74) is 2.95. The van der Waals surface area contributed by atoms with E-state index in [-0.39, 0.29) is 12.0 Å². The number of benzene rings is 1. The molecule has 0 atom stereocenters. The lowest BCUT2D eigenvalue weighted by molar-refractivity contribution is -0.215. The first-order valence-electron chi connectivity index (χ1n) is 6.27. The number of likely N-dealkylation sites (tertiary alicyclic amines) is 1. The number of piperidine rings is 1. The zero-order chi connectivity index (χ0) is 13.7. The summed E-state index contributed by atoms with van der Waals surface area (Å²) in [7, 11) is 0. The van der Waals surface area contributed by atoms with Gasteiger partial charge in [-0.2, -0.15) is 0 Å². The van der Waals surface area contributed by atoms with Gasteiger partial charge in [-0.15, -0.1) is 4.99 Å². The summed E-state index contributed by atoms with van der Waals surface area (Å²) in [6.45, 7) is 3.09. The zero-order valence-electron chi connectivity index (χ0n) is 10.8. The maximum atomic E-state index is 11.2. The molecule has 0 saturated carbocycles. The molecule has 1 heterocycles. The SMILES string of the molecule is CC(=O)N1CCC(Oc2ccc(NOO)cc2)CC1. The highest BCUT2D eigenvalue weighted by Gasteiger charge is 2.21. The summed E-state index contributed by atoms with van der Waals surface area (Å²) >= 11 is 0. The van der Waals surface area contributed by atoms with Crippen molar-refractivity contribution in [2.75, 3.05) is 18.6 Å². The van der Waals surface area contributed by atoms with Crippen LogP contribution in [0.3, 0.4) is 0 Å². The Morgan fingerprint density at radius 2 is 1.95 bits per heavy atom.